The average Bonchev–Trinajstić information content (AvgIpc) is 3.27. The number of esters is 2. The van der Waals surface area contributed by atoms with Crippen molar-refractivity contribution in [3.05, 3.63) is 24.3 Å². The number of hydrogen-bond acceptors (Lipinski definition) is 10. The van der Waals surface area contributed by atoms with Crippen molar-refractivity contribution in [2.75, 3.05) is 19.8 Å². The molecule has 1 heterocycles. The molecule has 0 aliphatic carbocycles. The van der Waals surface area contributed by atoms with Crippen molar-refractivity contribution in [3.8, 4) is 0 Å². The van der Waals surface area contributed by atoms with Crippen molar-refractivity contribution in [1.29, 1.82) is 0 Å². The summed E-state index contributed by atoms with van der Waals surface area (Å²) >= 11 is 0. The fourth-order valence-corrected chi connectivity index (χ4v) is 7.99. The van der Waals surface area contributed by atoms with Gasteiger partial charge in [0.25, 0.3) is 0 Å². The third kappa shape index (κ3) is 33.7. The lowest BCUT2D eigenvalue weighted by atomic mass is 9.99. The molecule has 0 aromatic carbocycles. The second kappa shape index (κ2) is 43.1. The number of carbonyl (C=O) groups is 2. The Morgan fingerprint density at radius 3 is 1.37 bits per heavy atom. The maximum Gasteiger partial charge on any atom is 0.306 e. The Balaban J connectivity index is 2.25. The molecule has 0 radical (unpaired) electrons. The molecule has 1 aliphatic heterocycles. The van der Waals surface area contributed by atoms with Crippen LogP contribution in [0.5, 0.6) is 0 Å². The number of allylic oxidation sites excluding steroid dienone is 4. The van der Waals surface area contributed by atoms with Crippen LogP contribution in [0.15, 0.2) is 24.3 Å². The van der Waals surface area contributed by atoms with Crippen LogP contribution in [0, 0.1) is 0 Å². The molecule has 0 aromatic heterocycles. The Bertz CT molecular complexity index is 1060. The second-order valence-corrected chi connectivity index (χ2v) is 18.0. The van der Waals surface area contributed by atoms with Gasteiger partial charge in [-0.2, -0.15) is 0 Å². The zero-order valence-corrected chi connectivity index (χ0v) is 39.9. The summed E-state index contributed by atoms with van der Waals surface area (Å²) in [7, 11) is 0. The monoisotopic (exact) mass is 881 g/mol. The molecule has 0 amide bonds. The van der Waals surface area contributed by atoms with E-state index in [1.165, 1.54) is 154 Å². The largest absolute Gasteiger partial charge is 0.462 e. The number of aliphatic hydroxyl groups is 4. The Morgan fingerprint density at radius 1 is 0.500 bits per heavy atom. The van der Waals surface area contributed by atoms with Gasteiger partial charge in [0, 0.05) is 12.8 Å². The summed E-state index contributed by atoms with van der Waals surface area (Å²) in [5.41, 5.74) is 0. The van der Waals surface area contributed by atoms with E-state index in [0.29, 0.717) is 6.42 Å². The molecule has 2 unspecified atom stereocenters. The van der Waals surface area contributed by atoms with Gasteiger partial charge in [-0.3, -0.25) is 9.59 Å². The van der Waals surface area contributed by atoms with E-state index in [1.54, 1.807) is 0 Å². The molecule has 0 aromatic rings. The van der Waals surface area contributed by atoms with Crippen LogP contribution in [0.3, 0.4) is 0 Å². The number of unbranched alkanes of at least 4 members (excludes halogenated alkanes) is 29. The van der Waals surface area contributed by atoms with Crippen LogP contribution in [0.1, 0.15) is 239 Å². The first-order chi connectivity index (χ1) is 30.3. The number of rotatable bonds is 44. The summed E-state index contributed by atoms with van der Waals surface area (Å²) < 4.78 is 22.3. The highest BCUT2D eigenvalue weighted by Gasteiger charge is 2.44. The summed E-state index contributed by atoms with van der Waals surface area (Å²) in [6.45, 7) is 3.43. The highest BCUT2D eigenvalue weighted by Crippen LogP contribution is 2.23. The summed E-state index contributed by atoms with van der Waals surface area (Å²) in [4.78, 5) is 25.5. The number of aliphatic hydroxyl groups excluding tert-OH is 4. The molecular weight excluding hydrogens is 785 g/mol. The molecule has 364 valence electrons. The minimum Gasteiger partial charge on any atom is -0.462 e. The van der Waals surface area contributed by atoms with Crippen LogP contribution in [0.25, 0.3) is 0 Å². The fraction of sp³-hybridized carbons (Fsp3) is 0.885. The Labute approximate surface area is 379 Å². The van der Waals surface area contributed by atoms with Gasteiger partial charge in [-0.25, -0.2) is 0 Å². The molecule has 10 nitrogen and oxygen atoms in total. The van der Waals surface area contributed by atoms with E-state index in [0.717, 1.165) is 51.4 Å². The number of carbonyl (C=O) groups excluding carboxylic acids is 2. The maximum atomic E-state index is 12.8. The molecule has 0 saturated carbocycles. The van der Waals surface area contributed by atoms with Gasteiger partial charge in [0.15, 0.2) is 12.4 Å². The van der Waals surface area contributed by atoms with E-state index < -0.39 is 49.4 Å². The van der Waals surface area contributed by atoms with E-state index in [9.17, 15) is 30.0 Å². The third-order valence-electron chi connectivity index (χ3n) is 12.1. The SMILES string of the molecule is CCCCC/C=C/C/C=C/CCCCCCCCCCCC(=O)O[C@@H](COC(=O)CCCCCCCCCCCCCCCCCCCC)CO[C@H]1O[C@@H](CO)[C@@H](O)C(O)C1O. The molecular formula is C52H96O10. The molecule has 0 spiro atoms. The van der Waals surface area contributed by atoms with Crippen LogP contribution in [0.2, 0.25) is 0 Å². The highest BCUT2D eigenvalue weighted by molar-refractivity contribution is 5.70. The van der Waals surface area contributed by atoms with Crippen molar-refractivity contribution in [2.45, 2.75) is 275 Å². The predicted molar refractivity (Wildman–Crippen MR) is 252 cm³/mol. The zero-order valence-electron chi connectivity index (χ0n) is 39.9. The van der Waals surface area contributed by atoms with E-state index in [1.807, 2.05) is 0 Å². The quantitative estimate of drug-likeness (QED) is 0.0264. The first-order valence-corrected chi connectivity index (χ1v) is 25.9. The molecule has 1 saturated heterocycles. The zero-order chi connectivity index (χ0) is 45.1. The molecule has 4 N–H and O–H groups in total. The smallest absolute Gasteiger partial charge is 0.306 e. The molecule has 6 atom stereocenters. The van der Waals surface area contributed by atoms with Crippen molar-refractivity contribution in [1.82, 2.24) is 0 Å². The third-order valence-corrected chi connectivity index (χ3v) is 12.1. The molecule has 0 bridgehead atoms. The lowest BCUT2D eigenvalue weighted by Crippen LogP contribution is -2.59. The predicted octanol–water partition coefficient (Wildman–Crippen LogP) is 12.1. The fourth-order valence-electron chi connectivity index (χ4n) is 7.99. The standard InChI is InChI=1S/C52H96O10/c1-3-5-7-9-11-13-15-17-19-21-23-25-27-29-31-33-35-37-39-41-48(55)61-45(44-60-52-51(58)50(57)49(56)46(42-53)62-52)43-59-47(54)40-38-36-34-32-30-28-26-24-22-20-18-16-14-12-10-8-6-4-2/h11,13,17,19,45-46,49-53,56-58H,3-10,12,14-16,18,20-44H2,1-2H3/b13-11+,19-17+/t45-,46-,49+,50?,51?,52-/m0/s1. The van der Waals surface area contributed by atoms with E-state index >= 15 is 0 Å². The van der Waals surface area contributed by atoms with Gasteiger partial charge in [-0.15, -0.1) is 0 Å². The Morgan fingerprint density at radius 2 is 0.903 bits per heavy atom. The maximum absolute atomic E-state index is 12.8. The van der Waals surface area contributed by atoms with Crippen LogP contribution in [-0.2, 0) is 28.5 Å². The van der Waals surface area contributed by atoms with Crippen LogP contribution < -0.4 is 0 Å². The van der Waals surface area contributed by atoms with E-state index in [4.69, 9.17) is 18.9 Å². The van der Waals surface area contributed by atoms with Gasteiger partial charge in [-0.1, -0.05) is 205 Å². The minimum atomic E-state index is -1.59. The van der Waals surface area contributed by atoms with Crippen molar-refractivity contribution in [3.63, 3.8) is 0 Å². The van der Waals surface area contributed by atoms with E-state index in [-0.39, 0.29) is 32.0 Å². The van der Waals surface area contributed by atoms with Crippen molar-refractivity contribution < 1.29 is 49.0 Å². The minimum absolute atomic E-state index is 0.214. The lowest BCUT2D eigenvalue weighted by Gasteiger charge is -2.39. The van der Waals surface area contributed by atoms with Gasteiger partial charge in [-0.05, 0) is 44.9 Å². The average molecular weight is 881 g/mol. The van der Waals surface area contributed by atoms with Gasteiger partial charge in [0.2, 0.25) is 0 Å². The number of ether oxygens (including phenoxy) is 4. The van der Waals surface area contributed by atoms with E-state index in [2.05, 4.69) is 38.2 Å². The van der Waals surface area contributed by atoms with Gasteiger partial charge < -0.3 is 39.4 Å². The van der Waals surface area contributed by atoms with Crippen molar-refractivity contribution >= 4 is 11.9 Å². The summed E-state index contributed by atoms with van der Waals surface area (Å²) in [6.07, 6.45) is 41.8. The molecule has 10 heteroatoms. The molecule has 1 aliphatic rings. The molecule has 1 rings (SSSR count). The first kappa shape index (κ1) is 58.2. The second-order valence-electron chi connectivity index (χ2n) is 18.0. The topological polar surface area (TPSA) is 152 Å². The molecule has 1 fully saturated rings. The van der Waals surface area contributed by atoms with Gasteiger partial charge in [0.05, 0.1) is 13.2 Å². The summed E-state index contributed by atoms with van der Waals surface area (Å²) in [5.74, 6) is -0.798. The lowest BCUT2D eigenvalue weighted by molar-refractivity contribution is -0.305. The Hall–Kier alpha value is -1.82. The normalized spacial score (nSPS) is 19.7. The first-order valence-electron chi connectivity index (χ1n) is 25.9. The van der Waals surface area contributed by atoms with Crippen LogP contribution in [-0.4, -0.2) is 89.0 Å². The molecule has 62 heavy (non-hydrogen) atoms. The van der Waals surface area contributed by atoms with Crippen LogP contribution >= 0.6 is 0 Å². The van der Waals surface area contributed by atoms with Gasteiger partial charge in [0.1, 0.15) is 31.0 Å². The summed E-state index contributed by atoms with van der Waals surface area (Å²) in [5, 5.41) is 40.2. The summed E-state index contributed by atoms with van der Waals surface area (Å²) in [6, 6.07) is 0. The number of hydrogen-bond donors (Lipinski definition) is 4. The highest BCUT2D eigenvalue weighted by atomic mass is 16.7. The van der Waals surface area contributed by atoms with Gasteiger partial charge >= 0.3 is 11.9 Å². The van der Waals surface area contributed by atoms with Crippen molar-refractivity contribution in [2.24, 2.45) is 0 Å². The van der Waals surface area contributed by atoms with Crippen LogP contribution in [0.4, 0.5) is 0 Å². The Kier molecular flexibility index (Phi) is 40.4.